The Morgan fingerprint density at radius 2 is 2.08 bits per heavy atom. The van der Waals surface area contributed by atoms with Crippen LogP contribution in [0.3, 0.4) is 0 Å². The number of aromatic nitrogens is 2. The lowest BCUT2D eigenvalue weighted by atomic mass is 9.79. The second-order valence-electron chi connectivity index (χ2n) is 10.2. The Morgan fingerprint density at radius 1 is 1.25 bits per heavy atom. The van der Waals surface area contributed by atoms with Crippen molar-refractivity contribution < 1.29 is 19.4 Å². The zero-order valence-corrected chi connectivity index (χ0v) is 21.1. The number of pyridine rings is 2. The van der Waals surface area contributed by atoms with Crippen LogP contribution in [0, 0.1) is 5.92 Å². The number of carboxylic acids is 1. The van der Waals surface area contributed by atoms with Gasteiger partial charge in [-0.3, -0.25) is 9.78 Å². The average Bonchev–Trinajstić information content (AvgIpc) is 3.69. The van der Waals surface area contributed by atoms with E-state index in [9.17, 15) is 14.7 Å². The molecule has 1 atom stereocenters. The molecular weight excluding hydrogens is 480 g/mol. The number of fused-ring (bicyclic) bond motifs is 1. The fourth-order valence-electron chi connectivity index (χ4n) is 5.14. The molecule has 2 fully saturated rings. The Balaban J connectivity index is 1.04. The first-order valence-electron chi connectivity index (χ1n) is 13.0. The maximum Gasteiger partial charge on any atom is 0.326 e. The highest BCUT2D eigenvalue weighted by atomic mass is 35.5. The van der Waals surface area contributed by atoms with Crippen molar-refractivity contribution in [3.05, 3.63) is 51.9 Å². The number of amides is 1. The number of aryl methyl sites for hydroxylation is 2. The number of hydrogen-bond acceptors (Lipinski definition) is 6. The third-order valence-corrected chi connectivity index (χ3v) is 7.78. The number of ether oxygens (including phenoxy) is 1. The largest absolute Gasteiger partial charge is 0.480 e. The summed E-state index contributed by atoms with van der Waals surface area (Å²) < 4.78 is 5.92. The van der Waals surface area contributed by atoms with E-state index < -0.39 is 17.9 Å². The molecule has 36 heavy (non-hydrogen) atoms. The minimum Gasteiger partial charge on any atom is -0.480 e. The first kappa shape index (κ1) is 25.0. The number of hydrogen-bond donors (Lipinski definition) is 3. The number of carbonyl (C=O) groups is 2. The Bertz CT molecular complexity index is 1120. The van der Waals surface area contributed by atoms with Crippen molar-refractivity contribution in [1.82, 2.24) is 15.3 Å². The van der Waals surface area contributed by atoms with Gasteiger partial charge in [-0.1, -0.05) is 17.7 Å². The molecular formula is C27H33ClN4O4. The summed E-state index contributed by atoms with van der Waals surface area (Å²) in [5, 5.41) is 15.9. The number of carboxylic acid groups (broad SMARTS) is 1. The molecule has 1 amide bonds. The molecule has 5 rings (SSSR count). The lowest BCUT2D eigenvalue weighted by Crippen LogP contribution is -2.42. The monoisotopic (exact) mass is 512 g/mol. The molecule has 2 aliphatic carbocycles. The van der Waals surface area contributed by atoms with E-state index in [0.29, 0.717) is 11.5 Å². The summed E-state index contributed by atoms with van der Waals surface area (Å²) in [5.41, 5.74) is 3.58. The summed E-state index contributed by atoms with van der Waals surface area (Å²) in [6.07, 6.45) is 11.7. The van der Waals surface area contributed by atoms with E-state index in [1.54, 1.807) is 6.20 Å². The normalized spacial score (nSPS) is 21.6. The van der Waals surface area contributed by atoms with E-state index in [1.807, 2.05) is 0 Å². The van der Waals surface area contributed by atoms with Crippen LogP contribution in [0.5, 0.6) is 0 Å². The molecule has 3 N–H and O–H groups in total. The van der Waals surface area contributed by atoms with Gasteiger partial charge in [-0.2, -0.15) is 0 Å². The Labute approximate surface area is 216 Å². The van der Waals surface area contributed by atoms with Crippen molar-refractivity contribution in [3.63, 3.8) is 0 Å². The molecule has 0 unspecified atom stereocenters. The molecule has 192 valence electrons. The van der Waals surface area contributed by atoms with Crippen LogP contribution in [0.1, 0.15) is 78.0 Å². The van der Waals surface area contributed by atoms with Gasteiger partial charge in [-0.25, -0.2) is 9.78 Å². The van der Waals surface area contributed by atoms with E-state index >= 15 is 0 Å². The quantitative estimate of drug-likeness (QED) is 0.409. The van der Waals surface area contributed by atoms with Gasteiger partial charge in [0, 0.05) is 37.7 Å². The lowest BCUT2D eigenvalue weighted by Gasteiger charge is -2.35. The first-order chi connectivity index (χ1) is 17.5. The van der Waals surface area contributed by atoms with Crippen LogP contribution in [0.15, 0.2) is 24.5 Å². The molecule has 0 bridgehead atoms. The van der Waals surface area contributed by atoms with Crippen LogP contribution in [-0.4, -0.2) is 52.2 Å². The third-order valence-electron chi connectivity index (χ3n) is 7.49. The van der Waals surface area contributed by atoms with Crippen LogP contribution in [0.25, 0.3) is 0 Å². The molecule has 0 radical (unpaired) electrons. The van der Waals surface area contributed by atoms with Crippen LogP contribution >= 0.6 is 11.6 Å². The van der Waals surface area contributed by atoms with Crippen molar-refractivity contribution in [2.24, 2.45) is 5.92 Å². The number of aliphatic carboxylic acids is 1. The average molecular weight is 513 g/mol. The van der Waals surface area contributed by atoms with Crippen molar-refractivity contribution >= 4 is 29.3 Å². The molecule has 8 nitrogen and oxygen atoms in total. The molecule has 0 saturated heterocycles. The minimum atomic E-state index is -1.08. The number of nitrogens with one attached hydrogen (secondary N) is 2. The van der Waals surface area contributed by atoms with Gasteiger partial charge in [0.25, 0.3) is 5.91 Å². The summed E-state index contributed by atoms with van der Waals surface area (Å²) in [7, 11) is 0. The number of rotatable bonds is 11. The molecule has 1 aliphatic heterocycles. The third kappa shape index (κ3) is 5.98. The molecule has 2 aromatic rings. The van der Waals surface area contributed by atoms with Crippen molar-refractivity contribution in [3.8, 4) is 0 Å². The van der Waals surface area contributed by atoms with Gasteiger partial charge >= 0.3 is 5.97 Å². The second kappa shape index (κ2) is 11.1. The van der Waals surface area contributed by atoms with Gasteiger partial charge in [-0.05, 0) is 80.4 Å². The van der Waals surface area contributed by atoms with Gasteiger partial charge in [-0.15, -0.1) is 0 Å². The molecule has 9 heteroatoms. The highest BCUT2D eigenvalue weighted by Gasteiger charge is 2.32. The van der Waals surface area contributed by atoms with Crippen LogP contribution in [-0.2, 0) is 22.4 Å². The topological polar surface area (TPSA) is 113 Å². The number of nitrogens with zero attached hydrogens (tertiary/aromatic N) is 2. The predicted molar refractivity (Wildman–Crippen MR) is 137 cm³/mol. The van der Waals surface area contributed by atoms with E-state index in [1.165, 1.54) is 11.8 Å². The van der Waals surface area contributed by atoms with E-state index in [-0.39, 0.29) is 30.1 Å². The zero-order chi connectivity index (χ0) is 25.1. The fraction of sp³-hybridized carbons (Fsp3) is 0.556. The molecule has 0 spiro atoms. The van der Waals surface area contributed by atoms with E-state index in [0.717, 1.165) is 75.0 Å². The lowest BCUT2D eigenvalue weighted by molar-refractivity contribution is -0.140. The minimum absolute atomic E-state index is 0.148. The number of anilines is 1. The highest BCUT2D eigenvalue weighted by Crippen LogP contribution is 2.42. The summed E-state index contributed by atoms with van der Waals surface area (Å²) >= 11 is 6.24. The van der Waals surface area contributed by atoms with Gasteiger partial charge < -0.3 is 20.5 Å². The molecule has 0 aromatic carbocycles. The van der Waals surface area contributed by atoms with Crippen molar-refractivity contribution in [2.45, 2.75) is 75.9 Å². The van der Waals surface area contributed by atoms with Gasteiger partial charge in [0.05, 0.1) is 16.7 Å². The predicted octanol–water partition coefficient (Wildman–Crippen LogP) is 4.37. The van der Waals surface area contributed by atoms with Crippen molar-refractivity contribution in [2.75, 3.05) is 18.5 Å². The molecule has 2 saturated carbocycles. The van der Waals surface area contributed by atoms with Gasteiger partial charge in [0.1, 0.15) is 11.9 Å². The molecule has 3 heterocycles. The molecule has 3 aliphatic rings. The Morgan fingerprint density at radius 3 is 2.86 bits per heavy atom. The maximum absolute atomic E-state index is 12.9. The van der Waals surface area contributed by atoms with Crippen LogP contribution in [0.2, 0.25) is 5.02 Å². The summed E-state index contributed by atoms with van der Waals surface area (Å²) in [6, 6.07) is 3.31. The molecule has 2 aromatic heterocycles. The van der Waals surface area contributed by atoms with Crippen molar-refractivity contribution in [1.29, 1.82) is 0 Å². The fourth-order valence-corrected chi connectivity index (χ4v) is 5.39. The highest BCUT2D eigenvalue weighted by molar-refractivity contribution is 6.34. The maximum atomic E-state index is 12.9. The van der Waals surface area contributed by atoms with E-state index in [2.05, 4.69) is 27.8 Å². The van der Waals surface area contributed by atoms with Crippen LogP contribution < -0.4 is 10.6 Å². The zero-order valence-electron chi connectivity index (χ0n) is 20.3. The first-order valence-corrected chi connectivity index (χ1v) is 13.4. The Kier molecular flexibility index (Phi) is 7.72. The van der Waals surface area contributed by atoms with E-state index in [4.69, 9.17) is 21.3 Å². The number of carbonyl (C=O) groups excluding carboxylic acids is 1. The second-order valence-corrected chi connectivity index (χ2v) is 10.6. The summed E-state index contributed by atoms with van der Waals surface area (Å²) in [6.45, 7) is 1.28. The summed E-state index contributed by atoms with van der Waals surface area (Å²) in [4.78, 5) is 33.5. The number of halogens is 1. The summed E-state index contributed by atoms with van der Waals surface area (Å²) in [5.74, 6) is 0.374. The van der Waals surface area contributed by atoms with Gasteiger partial charge in [0.15, 0.2) is 0 Å². The standard InChI is InChI=1S/C27H33ClN4O4/c28-22-15-29-14-21(17-4-5-17)24(22)26(33)32-23(27(34)35)9-11-36-20-12-16(13-20)3-7-19-8-6-18-2-1-10-30-25(18)31-19/h6,8,14-17,20,23H,1-5,7,9-13H2,(H,30,31)(H,32,33)(H,34,35)/t16-,20+,23-/m0/s1. The SMILES string of the molecule is O=C(N[C@@H](CCO[C@H]1C[C@@H](CCc2ccc3c(n2)NCCC3)C1)C(=O)O)c1c(Cl)cncc1C1CC1. The smallest absolute Gasteiger partial charge is 0.326 e. The van der Waals surface area contributed by atoms with Gasteiger partial charge in [0.2, 0.25) is 0 Å². The Hall–Kier alpha value is -2.71. The van der Waals surface area contributed by atoms with Crippen LogP contribution in [0.4, 0.5) is 5.82 Å².